The average molecular weight is 446 g/mol. The summed E-state index contributed by atoms with van der Waals surface area (Å²) in [5, 5.41) is 12.0. The van der Waals surface area contributed by atoms with Crippen LogP contribution in [-0.2, 0) is 24.7 Å². The molecule has 7 nitrogen and oxygen atoms in total. The van der Waals surface area contributed by atoms with Gasteiger partial charge in [-0.05, 0) is 43.4 Å². The molecule has 1 aromatic carbocycles. The highest BCUT2D eigenvalue weighted by atomic mass is 32.2. The first-order valence-corrected chi connectivity index (χ1v) is 11.3. The Hall–Kier alpha value is -2.72. The molecule has 0 radical (unpaired) electrons. The fourth-order valence-corrected chi connectivity index (χ4v) is 5.55. The van der Waals surface area contributed by atoms with Gasteiger partial charge in [0.2, 0.25) is 5.91 Å². The van der Waals surface area contributed by atoms with Gasteiger partial charge in [0.1, 0.15) is 10.8 Å². The molecule has 1 aliphatic rings. The molecule has 0 spiro atoms. The number of aryl methyl sites for hydroxylation is 1. The minimum Gasteiger partial charge on any atom is -0.365 e. The molecule has 0 bridgehead atoms. The zero-order valence-electron chi connectivity index (χ0n) is 16.3. The van der Waals surface area contributed by atoms with Crippen molar-refractivity contribution >= 4 is 39.9 Å². The van der Waals surface area contributed by atoms with Crippen molar-refractivity contribution in [2.75, 3.05) is 11.1 Å². The molecule has 10 heteroatoms. The molecule has 0 saturated carbocycles. The molecular weight excluding hydrogens is 425 g/mol. The zero-order chi connectivity index (χ0) is 21.3. The Morgan fingerprint density at radius 2 is 2.03 bits per heavy atom. The summed E-state index contributed by atoms with van der Waals surface area (Å²) in [5.41, 5.74) is 7.33. The Labute approximate surface area is 180 Å². The van der Waals surface area contributed by atoms with E-state index < -0.39 is 5.91 Å². The van der Waals surface area contributed by atoms with Crippen LogP contribution in [0.25, 0.3) is 11.4 Å². The van der Waals surface area contributed by atoms with Crippen LogP contribution in [0.1, 0.15) is 33.6 Å². The number of hydrogen-bond donors (Lipinski definition) is 2. The molecule has 2 heterocycles. The lowest BCUT2D eigenvalue weighted by Gasteiger charge is -2.11. The van der Waals surface area contributed by atoms with Crippen molar-refractivity contribution in [1.29, 1.82) is 0 Å². The second-order valence-electron chi connectivity index (χ2n) is 6.96. The summed E-state index contributed by atoms with van der Waals surface area (Å²) in [4.78, 5) is 25.6. The Bertz CT molecular complexity index is 1120. The molecule has 0 unspecified atom stereocenters. The van der Waals surface area contributed by atoms with Gasteiger partial charge in [-0.25, -0.2) is 4.39 Å². The number of nitrogens with one attached hydrogen (secondary N) is 1. The van der Waals surface area contributed by atoms with Crippen molar-refractivity contribution in [2.45, 2.75) is 30.8 Å². The van der Waals surface area contributed by atoms with Crippen molar-refractivity contribution in [1.82, 2.24) is 14.8 Å². The molecule has 1 aliphatic carbocycles. The van der Waals surface area contributed by atoms with E-state index in [0.29, 0.717) is 27.1 Å². The zero-order valence-corrected chi connectivity index (χ0v) is 17.9. The van der Waals surface area contributed by atoms with Gasteiger partial charge in [-0.2, -0.15) is 0 Å². The molecule has 3 aromatic rings. The quantitative estimate of drug-likeness (QED) is 0.566. The number of hydrogen-bond acceptors (Lipinski definition) is 6. The number of carbonyl (C=O) groups is 2. The minimum absolute atomic E-state index is 0.0734. The lowest BCUT2D eigenvalue weighted by molar-refractivity contribution is -0.113. The molecule has 2 amide bonds. The number of fused-ring (bicyclic) bond motifs is 1. The number of aromatic nitrogens is 3. The third kappa shape index (κ3) is 3.97. The Morgan fingerprint density at radius 3 is 2.80 bits per heavy atom. The first-order chi connectivity index (χ1) is 14.5. The summed E-state index contributed by atoms with van der Waals surface area (Å²) in [6.07, 6.45) is 3.81. The lowest BCUT2D eigenvalue weighted by atomic mass is 9.95. The number of rotatable bonds is 6. The summed E-state index contributed by atoms with van der Waals surface area (Å²) >= 11 is 2.62. The summed E-state index contributed by atoms with van der Waals surface area (Å²) in [6.45, 7) is 0. The third-order valence-corrected chi connectivity index (χ3v) is 7.18. The molecular formula is C20H20FN5O2S2. The normalized spacial score (nSPS) is 13.1. The van der Waals surface area contributed by atoms with Crippen molar-refractivity contribution in [3.8, 4) is 11.4 Å². The van der Waals surface area contributed by atoms with Gasteiger partial charge in [-0.1, -0.05) is 23.9 Å². The lowest BCUT2D eigenvalue weighted by Crippen LogP contribution is -2.19. The molecule has 0 saturated heterocycles. The highest BCUT2D eigenvalue weighted by Crippen LogP contribution is 2.38. The summed E-state index contributed by atoms with van der Waals surface area (Å²) in [7, 11) is 1.72. The van der Waals surface area contributed by atoms with E-state index in [0.717, 1.165) is 36.1 Å². The van der Waals surface area contributed by atoms with Crippen molar-refractivity contribution in [3.63, 3.8) is 0 Å². The number of thiophene rings is 1. The van der Waals surface area contributed by atoms with Gasteiger partial charge in [-0.15, -0.1) is 21.5 Å². The standard InChI is InChI=1S/C20H20FN5O2S2/c1-26-18(11-6-2-4-8-13(11)21)24-25-20(26)29-10-15(27)23-19-16(17(22)28)12-7-3-5-9-14(12)30-19/h2,4,6,8H,3,5,7,9-10H2,1H3,(H2,22,28)(H,23,27). The monoisotopic (exact) mass is 445 g/mol. The number of halogens is 1. The van der Waals surface area contributed by atoms with Crippen LogP contribution in [0, 0.1) is 5.82 Å². The summed E-state index contributed by atoms with van der Waals surface area (Å²) in [6, 6.07) is 6.33. The largest absolute Gasteiger partial charge is 0.365 e. The highest BCUT2D eigenvalue weighted by Gasteiger charge is 2.25. The number of thioether (sulfide) groups is 1. The van der Waals surface area contributed by atoms with E-state index in [1.54, 1.807) is 29.8 Å². The van der Waals surface area contributed by atoms with Crippen LogP contribution in [0.3, 0.4) is 0 Å². The van der Waals surface area contributed by atoms with E-state index in [4.69, 9.17) is 5.73 Å². The second-order valence-corrected chi connectivity index (χ2v) is 9.01. The van der Waals surface area contributed by atoms with Crippen molar-refractivity contribution < 1.29 is 14.0 Å². The molecule has 0 aliphatic heterocycles. The van der Waals surface area contributed by atoms with E-state index in [9.17, 15) is 14.0 Å². The first kappa shape index (κ1) is 20.5. The number of benzene rings is 1. The van der Waals surface area contributed by atoms with Crippen LogP contribution >= 0.6 is 23.1 Å². The predicted molar refractivity (Wildman–Crippen MR) is 115 cm³/mol. The fourth-order valence-electron chi connectivity index (χ4n) is 3.53. The maximum atomic E-state index is 14.0. The second kappa shape index (κ2) is 8.57. The van der Waals surface area contributed by atoms with Crippen LogP contribution in [-0.4, -0.2) is 32.3 Å². The molecule has 156 valence electrons. The van der Waals surface area contributed by atoms with Crippen LogP contribution in [0.15, 0.2) is 29.4 Å². The summed E-state index contributed by atoms with van der Waals surface area (Å²) < 4.78 is 15.7. The van der Waals surface area contributed by atoms with E-state index in [1.165, 1.54) is 29.2 Å². The molecule has 0 fully saturated rings. The van der Waals surface area contributed by atoms with E-state index in [-0.39, 0.29) is 17.5 Å². The van der Waals surface area contributed by atoms with E-state index in [2.05, 4.69) is 15.5 Å². The Kier molecular flexibility index (Phi) is 5.87. The van der Waals surface area contributed by atoms with Crippen molar-refractivity contribution in [2.24, 2.45) is 12.8 Å². The van der Waals surface area contributed by atoms with Crippen LogP contribution in [0.4, 0.5) is 9.39 Å². The molecule has 0 atom stereocenters. The van der Waals surface area contributed by atoms with Gasteiger partial charge in [0.05, 0.1) is 16.9 Å². The first-order valence-electron chi connectivity index (χ1n) is 9.47. The average Bonchev–Trinajstić information content (AvgIpc) is 3.26. The van der Waals surface area contributed by atoms with Crippen LogP contribution in [0.5, 0.6) is 0 Å². The van der Waals surface area contributed by atoms with Gasteiger partial charge in [-0.3, -0.25) is 9.59 Å². The van der Waals surface area contributed by atoms with Gasteiger partial charge in [0, 0.05) is 11.9 Å². The number of primary amides is 1. The SMILES string of the molecule is Cn1c(SCC(=O)Nc2sc3c(c2C(N)=O)CCCC3)nnc1-c1ccccc1F. The molecule has 4 rings (SSSR count). The van der Waals surface area contributed by atoms with Gasteiger partial charge < -0.3 is 15.6 Å². The highest BCUT2D eigenvalue weighted by molar-refractivity contribution is 7.99. The van der Waals surface area contributed by atoms with Crippen molar-refractivity contribution in [3.05, 3.63) is 46.1 Å². The smallest absolute Gasteiger partial charge is 0.251 e. The molecule has 3 N–H and O–H groups in total. The maximum Gasteiger partial charge on any atom is 0.251 e. The third-order valence-electron chi connectivity index (χ3n) is 4.95. The number of carbonyl (C=O) groups excluding carboxylic acids is 2. The maximum absolute atomic E-state index is 14.0. The molecule has 2 aromatic heterocycles. The van der Waals surface area contributed by atoms with Gasteiger partial charge in [0.15, 0.2) is 11.0 Å². The number of nitrogens with zero attached hydrogens (tertiary/aromatic N) is 3. The Morgan fingerprint density at radius 1 is 1.27 bits per heavy atom. The van der Waals surface area contributed by atoms with Gasteiger partial charge >= 0.3 is 0 Å². The van der Waals surface area contributed by atoms with E-state index in [1.807, 2.05) is 0 Å². The predicted octanol–water partition coefficient (Wildman–Crippen LogP) is 3.39. The fraction of sp³-hybridized carbons (Fsp3) is 0.300. The molecule has 30 heavy (non-hydrogen) atoms. The minimum atomic E-state index is -0.514. The van der Waals surface area contributed by atoms with Crippen LogP contribution in [0.2, 0.25) is 0 Å². The number of anilines is 1. The topological polar surface area (TPSA) is 103 Å². The Balaban J connectivity index is 1.46. The van der Waals surface area contributed by atoms with E-state index >= 15 is 0 Å². The number of amides is 2. The van der Waals surface area contributed by atoms with Crippen LogP contribution < -0.4 is 11.1 Å². The van der Waals surface area contributed by atoms with Gasteiger partial charge in [0.25, 0.3) is 5.91 Å². The summed E-state index contributed by atoms with van der Waals surface area (Å²) in [5.74, 6) is -0.707. The number of nitrogens with two attached hydrogens (primary N) is 1.